The highest BCUT2D eigenvalue weighted by atomic mass is 35.5. The highest BCUT2D eigenvalue weighted by Crippen LogP contribution is 2.45. The summed E-state index contributed by atoms with van der Waals surface area (Å²) >= 11 is 5.93. The standard InChI is InChI=1S/C12H14ClNO2/c13-8-1-2-9-10(5-8)16-7-12(9)3-4-14-6-11(12)15/h1-2,5,11,14-15H,3-4,6-7H2/t11-,12-/m0/s1. The fourth-order valence-electron chi connectivity index (χ4n) is 2.71. The topological polar surface area (TPSA) is 41.5 Å². The van der Waals surface area contributed by atoms with Crippen molar-refractivity contribution in [1.82, 2.24) is 5.32 Å². The molecule has 1 saturated heterocycles. The van der Waals surface area contributed by atoms with Crippen LogP contribution in [0.1, 0.15) is 12.0 Å². The van der Waals surface area contributed by atoms with Crippen LogP contribution < -0.4 is 10.1 Å². The van der Waals surface area contributed by atoms with Crippen LogP contribution in [0.4, 0.5) is 0 Å². The van der Waals surface area contributed by atoms with Gasteiger partial charge in [0, 0.05) is 17.1 Å². The molecule has 0 amide bonds. The van der Waals surface area contributed by atoms with Crippen molar-refractivity contribution in [3.63, 3.8) is 0 Å². The van der Waals surface area contributed by atoms with Crippen LogP contribution in [-0.4, -0.2) is 30.9 Å². The summed E-state index contributed by atoms with van der Waals surface area (Å²) in [6, 6.07) is 5.69. The van der Waals surface area contributed by atoms with Gasteiger partial charge in [0.2, 0.25) is 0 Å². The molecular formula is C12H14ClNO2. The first-order valence-corrected chi connectivity index (χ1v) is 5.92. The van der Waals surface area contributed by atoms with Crippen LogP contribution in [0.25, 0.3) is 0 Å². The van der Waals surface area contributed by atoms with Gasteiger partial charge in [-0.1, -0.05) is 17.7 Å². The van der Waals surface area contributed by atoms with Crippen LogP contribution in [0, 0.1) is 0 Å². The summed E-state index contributed by atoms with van der Waals surface area (Å²) in [5.74, 6) is 0.827. The molecule has 2 N–H and O–H groups in total. The molecule has 0 aromatic heterocycles. The molecule has 0 unspecified atom stereocenters. The van der Waals surface area contributed by atoms with Crippen molar-refractivity contribution in [3.05, 3.63) is 28.8 Å². The van der Waals surface area contributed by atoms with E-state index in [0.29, 0.717) is 18.2 Å². The number of fused-ring (bicyclic) bond motifs is 2. The van der Waals surface area contributed by atoms with Crippen LogP contribution in [-0.2, 0) is 5.41 Å². The predicted molar refractivity (Wildman–Crippen MR) is 62.1 cm³/mol. The number of hydrogen-bond acceptors (Lipinski definition) is 3. The number of aliphatic hydroxyl groups excluding tert-OH is 1. The number of hydrogen-bond donors (Lipinski definition) is 2. The zero-order valence-corrected chi connectivity index (χ0v) is 9.63. The Labute approximate surface area is 99.4 Å². The third-order valence-electron chi connectivity index (χ3n) is 3.69. The van der Waals surface area contributed by atoms with E-state index in [1.807, 2.05) is 18.2 Å². The first kappa shape index (κ1) is 10.4. The maximum absolute atomic E-state index is 10.2. The highest BCUT2D eigenvalue weighted by molar-refractivity contribution is 6.30. The second-order valence-corrected chi connectivity index (χ2v) is 4.99. The van der Waals surface area contributed by atoms with Gasteiger partial charge in [-0.25, -0.2) is 0 Å². The molecule has 0 aliphatic carbocycles. The Morgan fingerprint density at radius 3 is 3.19 bits per heavy atom. The fraction of sp³-hybridized carbons (Fsp3) is 0.500. The number of rotatable bonds is 0. The van der Waals surface area contributed by atoms with Gasteiger partial charge in [0.1, 0.15) is 12.4 Å². The molecule has 1 spiro atoms. The minimum absolute atomic E-state index is 0.231. The molecule has 1 fully saturated rings. The number of β-amino-alcohol motifs (C(OH)–C–C–N with tert-alkyl or cyclic N) is 1. The predicted octanol–water partition coefficient (Wildman–Crippen LogP) is 1.32. The molecule has 2 aliphatic rings. The summed E-state index contributed by atoms with van der Waals surface area (Å²) in [6.07, 6.45) is 0.520. The van der Waals surface area contributed by atoms with Gasteiger partial charge in [-0.2, -0.15) is 0 Å². The Balaban J connectivity index is 2.06. The first-order chi connectivity index (χ1) is 7.72. The van der Waals surface area contributed by atoms with Crippen molar-refractivity contribution in [2.75, 3.05) is 19.7 Å². The lowest BCUT2D eigenvalue weighted by molar-refractivity contribution is 0.0403. The number of piperidine rings is 1. The molecule has 3 rings (SSSR count). The van der Waals surface area contributed by atoms with Crippen molar-refractivity contribution >= 4 is 11.6 Å². The zero-order chi connectivity index (χ0) is 11.2. The van der Waals surface area contributed by atoms with Gasteiger partial charge < -0.3 is 15.2 Å². The van der Waals surface area contributed by atoms with E-state index in [2.05, 4.69) is 5.32 Å². The molecule has 3 nitrogen and oxygen atoms in total. The largest absolute Gasteiger partial charge is 0.492 e. The van der Waals surface area contributed by atoms with Gasteiger partial charge in [-0.15, -0.1) is 0 Å². The lowest BCUT2D eigenvalue weighted by atomic mass is 9.73. The Morgan fingerprint density at radius 2 is 2.38 bits per heavy atom. The summed E-state index contributed by atoms with van der Waals surface area (Å²) < 4.78 is 5.67. The van der Waals surface area contributed by atoms with Crippen LogP contribution >= 0.6 is 11.6 Å². The monoisotopic (exact) mass is 239 g/mol. The van der Waals surface area contributed by atoms with Crippen molar-refractivity contribution in [2.45, 2.75) is 17.9 Å². The van der Waals surface area contributed by atoms with E-state index >= 15 is 0 Å². The SMILES string of the molecule is O[C@H]1CNCC[C@@]12COc1cc(Cl)ccc12. The molecular weight excluding hydrogens is 226 g/mol. The maximum Gasteiger partial charge on any atom is 0.124 e. The lowest BCUT2D eigenvalue weighted by Crippen LogP contribution is -2.52. The molecule has 4 heteroatoms. The molecule has 0 radical (unpaired) electrons. The number of aliphatic hydroxyl groups is 1. The molecule has 1 aromatic carbocycles. The third kappa shape index (κ3) is 1.35. The molecule has 1 aromatic rings. The Kier molecular flexibility index (Phi) is 2.35. The van der Waals surface area contributed by atoms with Gasteiger partial charge in [-0.05, 0) is 25.1 Å². The minimum atomic E-state index is -0.385. The summed E-state index contributed by atoms with van der Waals surface area (Å²) in [7, 11) is 0. The molecule has 2 heterocycles. The maximum atomic E-state index is 10.2. The highest BCUT2D eigenvalue weighted by Gasteiger charge is 2.47. The number of nitrogens with one attached hydrogen (secondary N) is 1. The Bertz CT molecular complexity index is 423. The lowest BCUT2D eigenvalue weighted by Gasteiger charge is -2.37. The van der Waals surface area contributed by atoms with Gasteiger partial charge in [0.25, 0.3) is 0 Å². The van der Waals surface area contributed by atoms with Crippen molar-refractivity contribution < 1.29 is 9.84 Å². The van der Waals surface area contributed by atoms with E-state index in [-0.39, 0.29) is 11.5 Å². The summed E-state index contributed by atoms with van der Waals surface area (Å²) in [4.78, 5) is 0. The first-order valence-electron chi connectivity index (χ1n) is 5.54. The van der Waals surface area contributed by atoms with E-state index < -0.39 is 0 Å². The molecule has 16 heavy (non-hydrogen) atoms. The number of benzene rings is 1. The molecule has 0 saturated carbocycles. The average molecular weight is 240 g/mol. The Morgan fingerprint density at radius 1 is 1.50 bits per heavy atom. The van der Waals surface area contributed by atoms with E-state index in [1.165, 1.54) is 0 Å². The fourth-order valence-corrected chi connectivity index (χ4v) is 2.87. The minimum Gasteiger partial charge on any atom is -0.492 e. The summed E-state index contributed by atoms with van der Waals surface area (Å²) in [5.41, 5.74) is 0.872. The molecule has 86 valence electrons. The number of ether oxygens (including phenoxy) is 1. The molecule has 0 bridgehead atoms. The van der Waals surface area contributed by atoms with Crippen LogP contribution in [0.2, 0.25) is 5.02 Å². The van der Waals surface area contributed by atoms with Crippen LogP contribution in [0.15, 0.2) is 18.2 Å². The van der Waals surface area contributed by atoms with Crippen molar-refractivity contribution in [1.29, 1.82) is 0 Å². The van der Waals surface area contributed by atoms with E-state index in [9.17, 15) is 5.11 Å². The Hall–Kier alpha value is -0.770. The average Bonchev–Trinajstić information content (AvgIpc) is 2.62. The quantitative estimate of drug-likeness (QED) is 0.718. The smallest absolute Gasteiger partial charge is 0.124 e. The molecule has 2 atom stereocenters. The van der Waals surface area contributed by atoms with Crippen LogP contribution in [0.3, 0.4) is 0 Å². The van der Waals surface area contributed by atoms with Gasteiger partial charge >= 0.3 is 0 Å². The molecule has 2 aliphatic heterocycles. The van der Waals surface area contributed by atoms with Gasteiger partial charge in [0.15, 0.2) is 0 Å². The second-order valence-electron chi connectivity index (χ2n) is 4.56. The number of halogens is 1. The second kappa shape index (κ2) is 3.62. The van der Waals surface area contributed by atoms with Crippen molar-refractivity contribution in [2.24, 2.45) is 0 Å². The third-order valence-corrected chi connectivity index (χ3v) is 3.92. The summed E-state index contributed by atoms with van der Waals surface area (Å²) in [6.45, 7) is 2.11. The van der Waals surface area contributed by atoms with Gasteiger partial charge in [0.05, 0.1) is 11.5 Å². The van der Waals surface area contributed by atoms with Crippen molar-refractivity contribution in [3.8, 4) is 5.75 Å². The van der Waals surface area contributed by atoms with Crippen LogP contribution in [0.5, 0.6) is 5.75 Å². The van der Waals surface area contributed by atoms with E-state index in [0.717, 1.165) is 24.3 Å². The summed E-state index contributed by atoms with van der Waals surface area (Å²) in [5, 5.41) is 14.1. The van der Waals surface area contributed by atoms with E-state index in [4.69, 9.17) is 16.3 Å². The van der Waals surface area contributed by atoms with E-state index in [1.54, 1.807) is 0 Å². The normalized spacial score (nSPS) is 32.5. The van der Waals surface area contributed by atoms with Gasteiger partial charge in [-0.3, -0.25) is 0 Å². The zero-order valence-electron chi connectivity index (χ0n) is 8.87.